The minimum absolute atomic E-state index is 0.0417. The second-order valence-electron chi connectivity index (χ2n) is 4.78. The van der Waals surface area contributed by atoms with Gasteiger partial charge in [-0.25, -0.2) is 9.67 Å². The van der Waals surface area contributed by atoms with Crippen LogP contribution in [-0.4, -0.2) is 20.1 Å². The molecule has 94 valence electrons. The highest BCUT2D eigenvalue weighted by Gasteiger charge is 2.26. The molecular formula is C13H15ClN4. The quantitative estimate of drug-likeness (QED) is 0.802. The zero-order valence-electron chi connectivity index (χ0n) is 10.2. The van der Waals surface area contributed by atoms with Crippen LogP contribution in [0.5, 0.6) is 0 Å². The molecule has 1 aliphatic heterocycles. The van der Waals surface area contributed by atoms with Crippen molar-refractivity contribution in [2.24, 2.45) is 5.73 Å². The van der Waals surface area contributed by atoms with Crippen LogP contribution in [0.4, 0.5) is 0 Å². The lowest BCUT2D eigenvalue weighted by atomic mass is 10.1. The molecule has 2 N–H and O–H groups in total. The summed E-state index contributed by atoms with van der Waals surface area (Å²) in [5.74, 6) is 1.56. The Kier molecular flexibility index (Phi) is 2.84. The zero-order chi connectivity index (χ0) is 12.7. The molecular weight excluding hydrogens is 248 g/mol. The molecule has 2 atom stereocenters. The maximum atomic E-state index is 6.15. The Morgan fingerprint density at radius 2 is 2.06 bits per heavy atom. The first-order chi connectivity index (χ1) is 8.63. The van der Waals surface area contributed by atoms with Gasteiger partial charge in [0.15, 0.2) is 5.82 Å². The summed E-state index contributed by atoms with van der Waals surface area (Å²) in [7, 11) is 0. The Morgan fingerprint density at radius 1 is 1.33 bits per heavy atom. The highest BCUT2D eigenvalue weighted by molar-refractivity contribution is 6.20. The van der Waals surface area contributed by atoms with E-state index < -0.39 is 0 Å². The fourth-order valence-corrected chi connectivity index (χ4v) is 2.55. The van der Waals surface area contributed by atoms with E-state index in [2.05, 4.69) is 29.1 Å². The highest BCUT2D eigenvalue weighted by Crippen LogP contribution is 2.27. The van der Waals surface area contributed by atoms with Crippen molar-refractivity contribution in [1.29, 1.82) is 0 Å². The Bertz CT molecular complexity index is 561. The average Bonchev–Trinajstić information content (AvgIpc) is 2.74. The van der Waals surface area contributed by atoms with Crippen LogP contribution in [0.1, 0.15) is 23.9 Å². The molecule has 0 saturated heterocycles. The van der Waals surface area contributed by atoms with Crippen molar-refractivity contribution in [2.45, 2.75) is 31.3 Å². The molecule has 3 rings (SSSR count). The highest BCUT2D eigenvalue weighted by atomic mass is 35.5. The van der Waals surface area contributed by atoms with Gasteiger partial charge in [0.1, 0.15) is 5.82 Å². The van der Waals surface area contributed by atoms with Gasteiger partial charge in [0.05, 0.1) is 18.0 Å². The molecule has 4 nitrogen and oxygen atoms in total. The van der Waals surface area contributed by atoms with Gasteiger partial charge in [0, 0.05) is 5.56 Å². The molecule has 1 aromatic heterocycles. The van der Waals surface area contributed by atoms with Gasteiger partial charge in [-0.05, 0) is 13.3 Å². The number of aryl methyl sites for hydroxylation is 1. The predicted molar refractivity (Wildman–Crippen MR) is 71.4 cm³/mol. The molecule has 2 heterocycles. The van der Waals surface area contributed by atoms with E-state index in [4.69, 9.17) is 17.3 Å². The molecule has 1 aliphatic rings. The molecule has 0 saturated carbocycles. The van der Waals surface area contributed by atoms with Crippen LogP contribution < -0.4 is 5.73 Å². The van der Waals surface area contributed by atoms with Gasteiger partial charge >= 0.3 is 0 Å². The van der Waals surface area contributed by atoms with Crippen LogP contribution in [0.15, 0.2) is 24.3 Å². The Morgan fingerprint density at radius 3 is 2.78 bits per heavy atom. The van der Waals surface area contributed by atoms with Crippen LogP contribution in [0.2, 0.25) is 0 Å². The molecule has 2 aromatic rings. The summed E-state index contributed by atoms with van der Waals surface area (Å²) in [6.45, 7) is 2.74. The van der Waals surface area contributed by atoms with Crippen molar-refractivity contribution in [3.8, 4) is 11.4 Å². The normalized spacial score (nSPS) is 22.8. The zero-order valence-corrected chi connectivity index (χ0v) is 10.9. The largest absolute Gasteiger partial charge is 0.321 e. The lowest BCUT2D eigenvalue weighted by Gasteiger charge is -2.22. The molecule has 0 aliphatic carbocycles. The van der Waals surface area contributed by atoms with Crippen molar-refractivity contribution < 1.29 is 0 Å². The van der Waals surface area contributed by atoms with E-state index >= 15 is 0 Å². The maximum absolute atomic E-state index is 6.15. The van der Waals surface area contributed by atoms with Gasteiger partial charge in [-0.2, -0.15) is 5.10 Å². The summed E-state index contributed by atoms with van der Waals surface area (Å²) in [5.41, 5.74) is 8.28. The monoisotopic (exact) mass is 262 g/mol. The van der Waals surface area contributed by atoms with Gasteiger partial charge in [-0.3, -0.25) is 0 Å². The summed E-state index contributed by atoms with van der Waals surface area (Å²) >= 11 is 6.15. The molecule has 2 unspecified atom stereocenters. The molecule has 0 spiro atoms. The minimum Gasteiger partial charge on any atom is -0.321 e. The Balaban J connectivity index is 2.00. The van der Waals surface area contributed by atoms with Gasteiger partial charge in [-0.1, -0.05) is 29.8 Å². The molecule has 0 fully saturated rings. The average molecular weight is 263 g/mol. The van der Waals surface area contributed by atoms with Crippen LogP contribution in [0, 0.1) is 6.92 Å². The number of hydrogen-bond acceptors (Lipinski definition) is 3. The number of rotatable bonds is 1. The van der Waals surface area contributed by atoms with Crippen molar-refractivity contribution in [3.05, 3.63) is 35.7 Å². The molecule has 1 aromatic carbocycles. The topological polar surface area (TPSA) is 56.7 Å². The number of benzene rings is 1. The second kappa shape index (κ2) is 4.37. The summed E-state index contributed by atoms with van der Waals surface area (Å²) < 4.78 is 1.83. The lowest BCUT2D eigenvalue weighted by molar-refractivity contribution is 0.428. The molecule has 0 amide bonds. The number of nitrogens with zero attached hydrogens (tertiary/aromatic N) is 3. The number of fused-ring (bicyclic) bond motifs is 1. The summed E-state index contributed by atoms with van der Waals surface area (Å²) in [5, 5.41) is 4.53. The van der Waals surface area contributed by atoms with Gasteiger partial charge in [0.2, 0.25) is 0 Å². The van der Waals surface area contributed by atoms with Gasteiger partial charge in [0.25, 0.3) is 0 Å². The van der Waals surface area contributed by atoms with Gasteiger partial charge in [-0.15, -0.1) is 11.6 Å². The third-order valence-corrected chi connectivity index (χ3v) is 3.54. The fourth-order valence-electron chi connectivity index (χ4n) is 2.23. The van der Waals surface area contributed by atoms with Crippen molar-refractivity contribution in [3.63, 3.8) is 0 Å². The van der Waals surface area contributed by atoms with E-state index in [1.165, 1.54) is 5.56 Å². The predicted octanol–water partition coefficient (Wildman–Crippen LogP) is 2.26. The number of nitrogens with two attached hydrogens (primary N) is 1. The first-order valence-corrected chi connectivity index (χ1v) is 6.48. The van der Waals surface area contributed by atoms with E-state index in [0.29, 0.717) is 6.54 Å². The van der Waals surface area contributed by atoms with Crippen LogP contribution in [-0.2, 0) is 6.54 Å². The summed E-state index contributed by atoms with van der Waals surface area (Å²) in [4.78, 5) is 4.53. The Labute approximate surface area is 111 Å². The maximum Gasteiger partial charge on any atom is 0.181 e. The standard InChI is InChI=1S/C13H15ClN4/c1-8-2-4-9(5-3-8)12-16-13-11(15)6-10(14)7-18(13)17-12/h2-5,10-11H,6-7,15H2,1H3. The lowest BCUT2D eigenvalue weighted by Crippen LogP contribution is -2.29. The van der Waals surface area contributed by atoms with E-state index in [1.54, 1.807) is 0 Å². The fraction of sp³-hybridized carbons (Fsp3) is 0.385. The third-order valence-electron chi connectivity index (χ3n) is 3.22. The van der Waals surface area contributed by atoms with Gasteiger partial charge < -0.3 is 5.73 Å². The van der Waals surface area contributed by atoms with Crippen LogP contribution in [0.25, 0.3) is 11.4 Å². The summed E-state index contributed by atoms with van der Waals surface area (Å²) in [6.07, 6.45) is 0.758. The molecule has 0 radical (unpaired) electrons. The molecule has 18 heavy (non-hydrogen) atoms. The third kappa shape index (κ3) is 2.02. The van der Waals surface area contributed by atoms with E-state index in [0.717, 1.165) is 23.6 Å². The second-order valence-corrected chi connectivity index (χ2v) is 5.40. The molecule has 5 heteroatoms. The number of hydrogen-bond donors (Lipinski definition) is 1. The van der Waals surface area contributed by atoms with Crippen molar-refractivity contribution in [2.75, 3.05) is 0 Å². The molecule has 0 bridgehead atoms. The number of alkyl halides is 1. The van der Waals surface area contributed by atoms with E-state index in [9.17, 15) is 0 Å². The van der Waals surface area contributed by atoms with Crippen molar-refractivity contribution >= 4 is 11.6 Å². The van der Waals surface area contributed by atoms with E-state index in [-0.39, 0.29) is 11.4 Å². The number of aromatic nitrogens is 3. The van der Waals surface area contributed by atoms with Crippen LogP contribution >= 0.6 is 11.6 Å². The van der Waals surface area contributed by atoms with Crippen LogP contribution in [0.3, 0.4) is 0 Å². The first kappa shape index (κ1) is 11.7. The summed E-state index contributed by atoms with van der Waals surface area (Å²) in [6, 6.07) is 8.05. The number of halogens is 1. The smallest absolute Gasteiger partial charge is 0.181 e. The van der Waals surface area contributed by atoms with E-state index in [1.807, 2.05) is 16.8 Å². The Hall–Kier alpha value is -1.39. The SMILES string of the molecule is Cc1ccc(-c2nc3n(n2)CC(Cl)CC3N)cc1. The minimum atomic E-state index is -0.118. The van der Waals surface area contributed by atoms with Crippen molar-refractivity contribution in [1.82, 2.24) is 14.8 Å². The first-order valence-electron chi connectivity index (χ1n) is 6.05.